The summed E-state index contributed by atoms with van der Waals surface area (Å²) < 4.78 is 1.75. The van der Waals surface area contributed by atoms with Crippen LogP contribution in [-0.2, 0) is 13.0 Å². The molecule has 0 spiro atoms. The fourth-order valence-corrected chi connectivity index (χ4v) is 3.30. The molecule has 0 saturated heterocycles. The van der Waals surface area contributed by atoms with Crippen LogP contribution in [0.25, 0.3) is 4.96 Å². The zero-order valence-electron chi connectivity index (χ0n) is 13.3. The lowest BCUT2D eigenvalue weighted by atomic mass is 10.1. The van der Waals surface area contributed by atoms with E-state index < -0.39 is 0 Å². The first-order chi connectivity index (χ1) is 12.3. The zero-order valence-corrected chi connectivity index (χ0v) is 14.1. The van der Waals surface area contributed by atoms with Crippen molar-refractivity contribution in [1.82, 2.24) is 25.1 Å². The number of carbonyl (C=O) groups is 1. The van der Waals surface area contributed by atoms with Crippen LogP contribution in [-0.4, -0.2) is 25.7 Å². The Balaban J connectivity index is 1.47. The largest absolute Gasteiger partial charge is 0.345 e. The van der Waals surface area contributed by atoms with Gasteiger partial charge in [-0.1, -0.05) is 59.9 Å². The Bertz CT molecular complexity index is 994. The molecule has 0 atom stereocenters. The van der Waals surface area contributed by atoms with E-state index in [-0.39, 0.29) is 5.91 Å². The maximum Gasteiger partial charge on any atom is 0.251 e. The summed E-state index contributed by atoms with van der Waals surface area (Å²) in [6, 6.07) is 19.2. The Morgan fingerprint density at radius 3 is 2.48 bits per heavy atom. The number of benzene rings is 2. The lowest BCUT2D eigenvalue weighted by molar-refractivity contribution is 0.0951. The number of amides is 1. The molecule has 0 aliphatic heterocycles. The van der Waals surface area contributed by atoms with Gasteiger partial charge in [0.25, 0.3) is 5.91 Å². The van der Waals surface area contributed by atoms with E-state index in [9.17, 15) is 4.79 Å². The molecule has 1 N–H and O–H groups in total. The molecule has 1 amide bonds. The summed E-state index contributed by atoms with van der Waals surface area (Å²) >= 11 is 1.43. The van der Waals surface area contributed by atoms with E-state index in [2.05, 4.69) is 32.7 Å². The molecule has 0 radical (unpaired) electrons. The van der Waals surface area contributed by atoms with Crippen molar-refractivity contribution in [2.45, 2.75) is 13.0 Å². The molecule has 0 saturated carbocycles. The third-order valence-corrected chi connectivity index (χ3v) is 4.64. The predicted molar refractivity (Wildman–Crippen MR) is 95.5 cm³/mol. The van der Waals surface area contributed by atoms with E-state index in [1.165, 1.54) is 11.3 Å². The molecule has 0 fully saturated rings. The average Bonchev–Trinajstić information content (AvgIpc) is 3.23. The molecule has 0 bridgehead atoms. The molecule has 124 valence electrons. The smallest absolute Gasteiger partial charge is 0.251 e. The molecule has 4 rings (SSSR count). The molecule has 2 heterocycles. The minimum atomic E-state index is -0.115. The van der Waals surface area contributed by atoms with Gasteiger partial charge >= 0.3 is 0 Å². The van der Waals surface area contributed by atoms with Crippen molar-refractivity contribution in [3.8, 4) is 0 Å². The standard InChI is InChI=1S/C18H15N5OS/c24-17(14-9-5-2-6-10-14)19-12-16-22-23-15(20-21-18(23)25-16)11-13-7-3-1-4-8-13/h1-10H,11-12H2,(H,19,24). The summed E-state index contributed by atoms with van der Waals surface area (Å²) in [7, 11) is 0. The van der Waals surface area contributed by atoms with Gasteiger partial charge in [-0.25, -0.2) is 0 Å². The molecule has 25 heavy (non-hydrogen) atoms. The second kappa shape index (κ2) is 6.82. The van der Waals surface area contributed by atoms with Crippen LogP contribution in [0.3, 0.4) is 0 Å². The quantitative estimate of drug-likeness (QED) is 0.601. The summed E-state index contributed by atoms with van der Waals surface area (Å²) in [6.45, 7) is 0.368. The number of hydrogen-bond donors (Lipinski definition) is 1. The fourth-order valence-electron chi connectivity index (χ4n) is 2.50. The maximum absolute atomic E-state index is 12.1. The number of nitrogens with one attached hydrogen (secondary N) is 1. The maximum atomic E-state index is 12.1. The van der Waals surface area contributed by atoms with E-state index >= 15 is 0 Å². The first kappa shape index (κ1) is 15.5. The van der Waals surface area contributed by atoms with Crippen molar-refractivity contribution in [3.63, 3.8) is 0 Å². The number of aromatic nitrogens is 4. The van der Waals surface area contributed by atoms with Gasteiger partial charge in [-0.05, 0) is 17.7 Å². The molecule has 2 aromatic heterocycles. The molecule has 6 nitrogen and oxygen atoms in total. The zero-order chi connectivity index (χ0) is 17.1. The summed E-state index contributed by atoms with van der Waals surface area (Å²) in [5.74, 6) is 0.675. The molecule has 0 aliphatic rings. The van der Waals surface area contributed by atoms with Gasteiger partial charge in [0.15, 0.2) is 5.82 Å². The summed E-state index contributed by atoms with van der Waals surface area (Å²) in [6.07, 6.45) is 0.668. The first-order valence-corrected chi connectivity index (χ1v) is 8.68. The van der Waals surface area contributed by atoms with Crippen LogP contribution in [0, 0.1) is 0 Å². The highest BCUT2D eigenvalue weighted by Gasteiger charge is 2.13. The molecular weight excluding hydrogens is 334 g/mol. The number of rotatable bonds is 5. The van der Waals surface area contributed by atoms with Crippen LogP contribution in [0.2, 0.25) is 0 Å². The number of carbonyl (C=O) groups excluding carboxylic acids is 1. The van der Waals surface area contributed by atoms with Crippen LogP contribution in [0.4, 0.5) is 0 Å². The van der Waals surface area contributed by atoms with Crippen LogP contribution >= 0.6 is 11.3 Å². The van der Waals surface area contributed by atoms with Gasteiger partial charge in [-0.2, -0.15) is 9.61 Å². The first-order valence-electron chi connectivity index (χ1n) is 7.87. The van der Waals surface area contributed by atoms with Crippen LogP contribution in [0.1, 0.15) is 26.8 Å². The number of nitrogens with zero attached hydrogens (tertiary/aromatic N) is 4. The van der Waals surface area contributed by atoms with Crippen molar-refractivity contribution < 1.29 is 4.79 Å². The molecule has 7 heteroatoms. The summed E-state index contributed by atoms with van der Waals surface area (Å²) in [4.78, 5) is 12.8. The SMILES string of the molecule is O=C(NCc1nn2c(Cc3ccccc3)nnc2s1)c1ccccc1. The van der Waals surface area contributed by atoms with Gasteiger partial charge in [0.2, 0.25) is 4.96 Å². The highest BCUT2D eigenvalue weighted by atomic mass is 32.1. The minimum absolute atomic E-state index is 0.115. The normalized spacial score (nSPS) is 10.9. The molecule has 0 unspecified atom stereocenters. The van der Waals surface area contributed by atoms with Crippen LogP contribution in [0.5, 0.6) is 0 Å². The minimum Gasteiger partial charge on any atom is -0.345 e. The topological polar surface area (TPSA) is 72.2 Å². The Morgan fingerprint density at radius 2 is 1.72 bits per heavy atom. The van der Waals surface area contributed by atoms with E-state index in [1.54, 1.807) is 16.6 Å². The fraction of sp³-hybridized carbons (Fsp3) is 0.111. The molecular formula is C18H15N5OS. The molecule has 2 aromatic carbocycles. The Labute approximate surface area is 148 Å². The van der Waals surface area contributed by atoms with Crippen LogP contribution < -0.4 is 5.32 Å². The van der Waals surface area contributed by atoms with Crippen molar-refractivity contribution in [2.75, 3.05) is 0 Å². The number of fused-ring (bicyclic) bond motifs is 1. The van der Waals surface area contributed by atoms with Gasteiger partial charge in [0.05, 0.1) is 6.54 Å². The lowest BCUT2D eigenvalue weighted by Gasteiger charge is -2.02. The molecule has 0 aliphatic carbocycles. The Morgan fingerprint density at radius 1 is 1.00 bits per heavy atom. The van der Waals surface area contributed by atoms with Gasteiger partial charge in [0, 0.05) is 12.0 Å². The van der Waals surface area contributed by atoms with E-state index in [0.717, 1.165) is 21.4 Å². The third kappa shape index (κ3) is 3.41. The van der Waals surface area contributed by atoms with Gasteiger partial charge in [-0.3, -0.25) is 4.79 Å². The van der Waals surface area contributed by atoms with E-state index in [0.29, 0.717) is 18.5 Å². The van der Waals surface area contributed by atoms with Gasteiger partial charge in [0.1, 0.15) is 5.01 Å². The van der Waals surface area contributed by atoms with Gasteiger partial charge < -0.3 is 5.32 Å². The Hall–Kier alpha value is -3.06. The second-order valence-corrected chi connectivity index (χ2v) is 6.56. The number of hydrogen-bond acceptors (Lipinski definition) is 5. The van der Waals surface area contributed by atoms with E-state index in [4.69, 9.17) is 0 Å². The lowest BCUT2D eigenvalue weighted by Crippen LogP contribution is -2.22. The van der Waals surface area contributed by atoms with Crippen molar-refractivity contribution in [2.24, 2.45) is 0 Å². The predicted octanol–water partition coefficient (Wildman–Crippen LogP) is 2.71. The highest BCUT2D eigenvalue weighted by Crippen LogP contribution is 2.16. The summed E-state index contributed by atoms with van der Waals surface area (Å²) in [5.41, 5.74) is 1.79. The average molecular weight is 349 g/mol. The second-order valence-electron chi connectivity index (χ2n) is 5.52. The van der Waals surface area contributed by atoms with Crippen molar-refractivity contribution in [3.05, 3.63) is 82.6 Å². The van der Waals surface area contributed by atoms with Crippen LogP contribution in [0.15, 0.2) is 60.7 Å². The monoisotopic (exact) mass is 349 g/mol. The highest BCUT2D eigenvalue weighted by molar-refractivity contribution is 7.16. The van der Waals surface area contributed by atoms with Gasteiger partial charge in [-0.15, -0.1) is 10.2 Å². The van der Waals surface area contributed by atoms with E-state index in [1.807, 2.05) is 36.4 Å². The van der Waals surface area contributed by atoms with Crippen molar-refractivity contribution in [1.29, 1.82) is 0 Å². The summed E-state index contributed by atoms with van der Waals surface area (Å²) in [5, 5.41) is 16.6. The Kier molecular flexibility index (Phi) is 4.22. The molecule has 4 aromatic rings. The third-order valence-electron chi connectivity index (χ3n) is 3.74. The van der Waals surface area contributed by atoms with Crippen molar-refractivity contribution >= 4 is 22.2 Å².